The molecule has 15 heavy (non-hydrogen) atoms. The number of pyridine rings is 1. The lowest BCUT2D eigenvalue weighted by Gasteiger charge is -2.03. The van der Waals surface area contributed by atoms with E-state index in [-0.39, 0.29) is 11.6 Å². The minimum absolute atomic E-state index is 0.0305. The van der Waals surface area contributed by atoms with E-state index in [1.54, 1.807) is 6.92 Å². The summed E-state index contributed by atoms with van der Waals surface area (Å²) in [6.07, 6.45) is -0.0305. The molecule has 78 valence electrons. The zero-order valence-corrected chi connectivity index (χ0v) is 8.91. The maximum absolute atomic E-state index is 11.2. The lowest BCUT2D eigenvalue weighted by atomic mass is 10.1. The largest absolute Gasteiger partial charge is 0.466 e. The number of nitrogens with zero attached hydrogens (tertiary/aromatic N) is 2. The first-order chi connectivity index (χ1) is 7.17. The summed E-state index contributed by atoms with van der Waals surface area (Å²) in [5, 5.41) is 9.02. The van der Waals surface area contributed by atoms with Crippen molar-refractivity contribution in [1.82, 2.24) is 4.98 Å². The highest BCUT2D eigenvalue weighted by atomic mass is 35.5. The van der Waals surface area contributed by atoms with Gasteiger partial charge in [0.25, 0.3) is 0 Å². The minimum atomic E-state index is -0.413. The zero-order chi connectivity index (χ0) is 11.3. The fraction of sp³-hybridized carbons (Fsp3) is 0.300. The maximum Gasteiger partial charge on any atom is 0.311 e. The van der Waals surface area contributed by atoms with E-state index in [1.807, 2.05) is 6.07 Å². The van der Waals surface area contributed by atoms with Gasteiger partial charge < -0.3 is 4.74 Å². The maximum atomic E-state index is 11.2. The topological polar surface area (TPSA) is 63.0 Å². The number of ether oxygens (including phenoxy) is 1. The third kappa shape index (κ3) is 3.22. The Morgan fingerprint density at radius 1 is 1.67 bits per heavy atom. The van der Waals surface area contributed by atoms with Gasteiger partial charge in [-0.2, -0.15) is 5.26 Å². The van der Waals surface area contributed by atoms with Crippen LogP contribution in [0.15, 0.2) is 12.1 Å². The summed E-state index contributed by atoms with van der Waals surface area (Å²) in [6, 6.07) is 4.98. The number of carbonyl (C=O) groups is 1. The fourth-order valence-electron chi connectivity index (χ4n) is 1.06. The first kappa shape index (κ1) is 11.5. The van der Waals surface area contributed by atoms with Crippen LogP contribution < -0.4 is 0 Å². The Morgan fingerprint density at radius 2 is 2.40 bits per heavy atom. The van der Waals surface area contributed by atoms with E-state index in [0.29, 0.717) is 17.9 Å². The molecule has 0 atom stereocenters. The predicted octanol–water partition coefficient (Wildman–Crippen LogP) is 1.71. The average molecular weight is 225 g/mol. The highest BCUT2D eigenvalue weighted by Crippen LogP contribution is 2.11. The van der Waals surface area contributed by atoms with Gasteiger partial charge in [0.1, 0.15) is 11.2 Å². The second-order valence-electron chi connectivity index (χ2n) is 2.72. The predicted molar refractivity (Wildman–Crippen MR) is 54.3 cm³/mol. The minimum Gasteiger partial charge on any atom is -0.466 e. The first-order valence-electron chi connectivity index (χ1n) is 4.38. The number of aromatic nitrogens is 1. The van der Waals surface area contributed by atoms with Crippen molar-refractivity contribution in [2.45, 2.75) is 13.3 Å². The monoisotopic (exact) mass is 224 g/mol. The van der Waals surface area contributed by atoms with E-state index in [2.05, 4.69) is 4.98 Å². The quantitative estimate of drug-likeness (QED) is 0.579. The van der Waals surface area contributed by atoms with Crippen LogP contribution in [0.4, 0.5) is 0 Å². The van der Waals surface area contributed by atoms with Crippen molar-refractivity contribution in [2.24, 2.45) is 0 Å². The summed E-state index contributed by atoms with van der Waals surface area (Å²) < 4.78 is 4.75. The van der Waals surface area contributed by atoms with Gasteiger partial charge >= 0.3 is 5.97 Å². The number of halogens is 1. The van der Waals surface area contributed by atoms with Gasteiger partial charge in [-0.3, -0.25) is 4.79 Å². The molecule has 0 N–H and O–H groups in total. The molecule has 0 aromatic carbocycles. The van der Waals surface area contributed by atoms with Crippen LogP contribution in [-0.4, -0.2) is 17.6 Å². The van der Waals surface area contributed by atoms with Gasteiger partial charge in [0.15, 0.2) is 0 Å². The Balaban J connectivity index is 2.88. The van der Waals surface area contributed by atoms with Crippen LogP contribution in [0.3, 0.4) is 0 Å². The molecule has 0 radical (unpaired) electrons. The molecule has 4 nitrogen and oxygen atoms in total. The lowest BCUT2D eigenvalue weighted by Crippen LogP contribution is -2.10. The molecular formula is C10H9ClN2O2. The molecule has 0 amide bonds. The van der Waals surface area contributed by atoms with Crippen molar-refractivity contribution in [3.8, 4) is 6.07 Å². The summed E-state index contributed by atoms with van der Waals surface area (Å²) in [5.74, 6) is -0.413. The average Bonchev–Trinajstić information content (AvgIpc) is 2.18. The number of esters is 1. The van der Waals surface area contributed by atoms with E-state index in [4.69, 9.17) is 21.6 Å². The van der Waals surface area contributed by atoms with E-state index in [9.17, 15) is 4.79 Å². The van der Waals surface area contributed by atoms with Crippen molar-refractivity contribution in [3.05, 3.63) is 28.5 Å². The molecule has 1 aromatic rings. The van der Waals surface area contributed by atoms with E-state index in [1.165, 1.54) is 12.1 Å². The molecule has 1 heterocycles. The fourth-order valence-corrected chi connectivity index (χ4v) is 1.23. The van der Waals surface area contributed by atoms with Gasteiger partial charge in [0, 0.05) is 0 Å². The third-order valence-electron chi connectivity index (χ3n) is 1.68. The smallest absolute Gasteiger partial charge is 0.311 e. The molecule has 0 bridgehead atoms. The van der Waals surface area contributed by atoms with Crippen molar-refractivity contribution in [3.63, 3.8) is 0 Å². The SMILES string of the molecule is CCOC(=O)Cc1nc(Cl)ccc1C#N. The molecule has 0 aliphatic heterocycles. The molecule has 0 aliphatic carbocycles. The normalized spacial score (nSPS) is 9.40. The highest BCUT2D eigenvalue weighted by molar-refractivity contribution is 6.29. The molecule has 0 saturated carbocycles. The van der Waals surface area contributed by atoms with E-state index >= 15 is 0 Å². The molecular weight excluding hydrogens is 216 g/mol. The highest BCUT2D eigenvalue weighted by Gasteiger charge is 2.10. The standard InChI is InChI=1S/C10H9ClN2O2/c1-2-15-10(14)5-8-7(6-12)3-4-9(11)13-8/h3-4H,2,5H2,1H3. The van der Waals surface area contributed by atoms with Gasteiger partial charge in [-0.1, -0.05) is 11.6 Å². The van der Waals surface area contributed by atoms with Crippen LogP contribution in [0.5, 0.6) is 0 Å². The molecule has 0 fully saturated rings. The number of hydrogen-bond acceptors (Lipinski definition) is 4. The van der Waals surface area contributed by atoms with Gasteiger partial charge in [0.05, 0.1) is 24.3 Å². The van der Waals surface area contributed by atoms with Crippen LogP contribution in [0.25, 0.3) is 0 Å². The van der Waals surface area contributed by atoms with Crippen LogP contribution in [0, 0.1) is 11.3 Å². The molecule has 0 unspecified atom stereocenters. The number of nitriles is 1. The van der Waals surface area contributed by atoms with Crippen molar-refractivity contribution < 1.29 is 9.53 Å². The summed E-state index contributed by atoms with van der Waals surface area (Å²) in [4.78, 5) is 15.1. The summed E-state index contributed by atoms with van der Waals surface area (Å²) >= 11 is 5.66. The van der Waals surface area contributed by atoms with Crippen molar-refractivity contribution in [1.29, 1.82) is 5.26 Å². The molecule has 0 aliphatic rings. The number of rotatable bonds is 3. The molecule has 1 rings (SSSR count). The summed E-state index contributed by atoms with van der Waals surface area (Å²) in [5.41, 5.74) is 0.691. The number of hydrogen-bond donors (Lipinski definition) is 0. The zero-order valence-electron chi connectivity index (χ0n) is 8.16. The Kier molecular flexibility index (Phi) is 4.07. The third-order valence-corrected chi connectivity index (χ3v) is 1.89. The van der Waals surface area contributed by atoms with Crippen LogP contribution >= 0.6 is 11.6 Å². The number of carbonyl (C=O) groups excluding carboxylic acids is 1. The van der Waals surface area contributed by atoms with Gasteiger partial charge in [-0.15, -0.1) is 0 Å². The molecule has 1 aromatic heterocycles. The summed E-state index contributed by atoms with van der Waals surface area (Å²) in [7, 11) is 0. The second-order valence-corrected chi connectivity index (χ2v) is 3.11. The van der Waals surface area contributed by atoms with Crippen LogP contribution in [0.1, 0.15) is 18.2 Å². The van der Waals surface area contributed by atoms with Crippen molar-refractivity contribution in [2.75, 3.05) is 6.61 Å². The van der Waals surface area contributed by atoms with Crippen molar-refractivity contribution >= 4 is 17.6 Å². The summed E-state index contributed by atoms with van der Waals surface area (Å²) in [6.45, 7) is 2.02. The van der Waals surface area contributed by atoms with Crippen LogP contribution in [0.2, 0.25) is 5.15 Å². The van der Waals surface area contributed by atoms with Gasteiger partial charge in [-0.25, -0.2) is 4.98 Å². The molecule has 0 saturated heterocycles. The molecule has 0 spiro atoms. The van der Waals surface area contributed by atoms with Gasteiger partial charge in [0.2, 0.25) is 0 Å². The van der Waals surface area contributed by atoms with E-state index in [0.717, 1.165) is 0 Å². The Morgan fingerprint density at radius 3 is 3.00 bits per heavy atom. The Bertz CT molecular complexity index is 412. The first-order valence-corrected chi connectivity index (χ1v) is 4.76. The molecule has 5 heteroatoms. The van der Waals surface area contributed by atoms with E-state index < -0.39 is 5.97 Å². The second kappa shape index (κ2) is 5.32. The van der Waals surface area contributed by atoms with Crippen LogP contribution in [-0.2, 0) is 16.0 Å². The Hall–Kier alpha value is -1.60. The lowest BCUT2D eigenvalue weighted by molar-refractivity contribution is -0.142. The Labute approximate surface area is 92.4 Å². The van der Waals surface area contributed by atoms with Gasteiger partial charge in [-0.05, 0) is 19.1 Å².